The highest BCUT2D eigenvalue weighted by Gasteiger charge is 2.40. The van der Waals surface area contributed by atoms with E-state index in [0.717, 1.165) is 12.8 Å². The molecule has 1 fully saturated rings. The number of para-hydroxylation sites is 1. The fraction of sp³-hybridized carbons (Fsp3) is 0.500. The summed E-state index contributed by atoms with van der Waals surface area (Å²) in [5.41, 5.74) is 0. The Hall–Kier alpha value is -0.580. The van der Waals surface area contributed by atoms with E-state index in [0.29, 0.717) is 18.9 Å². The van der Waals surface area contributed by atoms with Crippen molar-refractivity contribution in [1.82, 2.24) is 4.67 Å². The normalized spacial score (nSPS) is 23.2. The number of rotatable bonds is 6. The van der Waals surface area contributed by atoms with Gasteiger partial charge in [0.1, 0.15) is 5.75 Å². The molecular formula is C12H17ClNO4P. The first-order valence-corrected chi connectivity index (χ1v) is 8.59. The molecule has 5 nitrogen and oxygen atoms in total. The predicted molar refractivity (Wildman–Crippen MR) is 73.2 cm³/mol. The molecule has 1 heterocycles. The van der Waals surface area contributed by atoms with Crippen LogP contribution >= 0.6 is 18.1 Å². The van der Waals surface area contributed by atoms with Gasteiger partial charge in [0.05, 0.1) is 13.7 Å². The summed E-state index contributed by atoms with van der Waals surface area (Å²) in [5, 5.41) is 0. The van der Waals surface area contributed by atoms with Crippen LogP contribution in [0.4, 0.5) is 0 Å². The van der Waals surface area contributed by atoms with Crippen molar-refractivity contribution in [2.45, 2.75) is 18.9 Å². The number of hydrogen-bond acceptors (Lipinski definition) is 4. The number of benzene rings is 1. The van der Waals surface area contributed by atoms with Gasteiger partial charge in [-0.3, -0.25) is 0 Å². The van der Waals surface area contributed by atoms with E-state index in [1.165, 1.54) is 7.11 Å². The second-order valence-electron chi connectivity index (χ2n) is 4.27. The van der Waals surface area contributed by atoms with E-state index in [4.69, 9.17) is 20.7 Å². The lowest BCUT2D eigenvalue weighted by Crippen LogP contribution is -2.30. The molecule has 0 radical (unpaired) electrons. The summed E-state index contributed by atoms with van der Waals surface area (Å²) in [6.45, 7) is -2.43. The third-order valence-corrected chi connectivity index (χ3v) is 5.36. The Morgan fingerprint density at radius 2 is 2.16 bits per heavy atom. The van der Waals surface area contributed by atoms with E-state index >= 15 is 0 Å². The molecular weight excluding hydrogens is 289 g/mol. The first-order chi connectivity index (χ1) is 9.13. The highest BCUT2D eigenvalue weighted by Crippen LogP contribution is 2.58. The molecule has 1 aromatic rings. The minimum Gasteiger partial charge on any atom is -0.422 e. The first kappa shape index (κ1) is 14.8. The third-order valence-electron chi connectivity index (χ3n) is 2.99. The van der Waals surface area contributed by atoms with Gasteiger partial charge in [0.25, 0.3) is 0 Å². The molecule has 0 aromatic heterocycles. The molecule has 0 aliphatic carbocycles. The van der Waals surface area contributed by atoms with Crippen molar-refractivity contribution in [1.29, 1.82) is 0 Å². The molecule has 0 bridgehead atoms. The molecule has 19 heavy (non-hydrogen) atoms. The van der Waals surface area contributed by atoms with Crippen LogP contribution in [0.3, 0.4) is 0 Å². The van der Waals surface area contributed by atoms with Crippen LogP contribution in [0.1, 0.15) is 12.8 Å². The minimum absolute atomic E-state index is 0.0491. The lowest BCUT2D eigenvalue weighted by Gasteiger charge is -2.27. The lowest BCUT2D eigenvalue weighted by molar-refractivity contribution is -0.277. The second kappa shape index (κ2) is 6.73. The Labute approximate surface area is 117 Å². The average Bonchev–Trinajstić information content (AvgIpc) is 2.86. The van der Waals surface area contributed by atoms with Gasteiger partial charge >= 0.3 is 6.87 Å². The SMILES string of the molecule is COOCC1CCCN1P(=O)(Cl)Oc1ccccc1. The quantitative estimate of drug-likeness (QED) is 0.457. The molecule has 2 unspecified atom stereocenters. The summed E-state index contributed by atoms with van der Waals surface area (Å²) in [6, 6.07) is 8.88. The molecule has 0 spiro atoms. The van der Waals surface area contributed by atoms with Gasteiger partial charge in [-0.25, -0.2) is 19.0 Å². The van der Waals surface area contributed by atoms with Crippen LogP contribution < -0.4 is 4.52 Å². The largest absolute Gasteiger partial charge is 0.422 e. The summed E-state index contributed by atoms with van der Waals surface area (Å²) < 4.78 is 19.6. The van der Waals surface area contributed by atoms with Crippen LogP contribution in [-0.4, -0.2) is 31.0 Å². The van der Waals surface area contributed by atoms with E-state index in [2.05, 4.69) is 4.89 Å². The van der Waals surface area contributed by atoms with Crippen molar-refractivity contribution in [3.05, 3.63) is 30.3 Å². The number of nitrogens with zero attached hydrogens (tertiary/aromatic N) is 1. The molecule has 1 aromatic carbocycles. The topological polar surface area (TPSA) is 48.0 Å². The van der Waals surface area contributed by atoms with Crippen molar-refractivity contribution in [2.75, 3.05) is 20.3 Å². The monoisotopic (exact) mass is 305 g/mol. The minimum atomic E-state index is -3.39. The fourth-order valence-electron chi connectivity index (χ4n) is 2.11. The zero-order chi connectivity index (χ0) is 13.7. The maximum Gasteiger partial charge on any atom is 0.412 e. The van der Waals surface area contributed by atoms with Crippen LogP contribution in [0.2, 0.25) is 0 Å². The molecule has 0 amide bonds. The zero-order valence-electron chi connectivity index (χ0n) is 10.7. The molecule has 7 heteroatoms. The molecule has 0 N–H and O–H groups in total. The Bertz CT molecular complexity index is 445. The van der Waals surface area contributed by atoms with E-state index in [1.54, 1.807) is 16.8 Å². The van der Waals surface area contributed by atoms with Crippen LogP contribution in [0, 0.1) is 0 Å². The first-order valence-electron chi connectivity index (χ1n) is 6.10. The number of hydrogen-bond donors (Lipinski definition) is 0. The van der Waals surface area contributed by atoms with Gasteiger partial charge in [0.2, 0.25) is 0 Å². The molecule has 1 aliphatic rings. The van der Waals surface area contributed by atoms with Crippen LogP contribution in [0.15, 0.2) is 30.3 Å². The highest BCUT2D eigenvalue weighted by atomic mass is 35.7. The van der Waals surface area contributed by atoms with E-state index < -0.39 is 6.87 Å². The predicted octanol–water partition coefficient (Wildman–Crippen LogP) is 3.45. The van der Waals surface area contributed by atoms with Gasteiger partial charge in [0, 0.05) is 23.8 Å². The number of halogens is 1. The van der Waals surface area contributed by atoms with Crippen molar-refractivity contribution in [2.24, 2.45) is 0 Å². The summed E-state index contributed by atoms with van der Waals surface area (Å²) in [6.07, 6.45) is 1.77. The smallest absolute Gasteiger partial charge is 0.412 e. The standard InChI is InChI=1S/C12H17ClNO4P/c1-16-17-10-11-6-5-9-14(11)19(13,15)18-12-7-3-2-4-8-12/h2-4,7-8,11H,5-6,9-10H2,1H3. The van der Waals surface area contributed by atoms with E-state index in [1.807, 2.05) is 18.2 Å². The van der Waals surface area contributed by atoms with Gasteiger partial charge in [-0.15, -0.1) is 0 Å². The maximum absolute atomic E-state index is 12.5. The third kappa shape index (κ3) is 3.94. The van der Waals surface area contributed by atoms with Gasteiger partial charge in [0.15, 0.2) is 0 Å². The fourth-order valence-corrected chi connectivity index (χ4v) is 4.39. The van der Waals surface area contributed by atoms with Crippen LogP contribution in [0.25, 0.3) is 0 Å². The van der Waals surface area contributed by atoms with E-state index in [-0.39, 0.29) is 6.04 Å². The van der Waals surface area contributed by atoms with Gasteiger partial charge in [-0.1, -0.05) is 18.2 Å². The van der Waals surface area contributed by atoms with Crippen molar-refractivity contribution < 1.29 is 18.9 Å². The average molecular weight is 306 g/mol. The maximum atomic E-state index is 12.5. The molecule has 2 rings (SSSR count). The van der Waals surface area contributed by atoms with Crippen LogP contribution in [-0.2, 0) is 14.3 Å². The Kier molecular flexibility index (Phi) is 5.25. The van der Waals surface area contributed by atoms with Crippen molar-refractivity contribution >= 4 is 18.1 Å². The van der Waals surface area contributed by atoms with Crippen LogP contribution in [0.5, 0.6) is 5.75 Å². The summed E-state index contributed by atoms with van der Waals surface area (Å²) >= 11 is 6.11. The molecule has 106 valence electrons. The van der Waals surface area contributed by atoms with Gasteiger partial charge in [-0.2, -0.15) is 0 Å². The molecule has 0 saturated carbocycles. The summed E-state index contributed by atoms with van der Waals surface area (Å²) in [5.74, 6) is 0.499. The van der Waals surface area contributed by atoms with Crippen molar-refractivity contribution in [3.63, 3.8) is 0 Å². The van der Waals surface area contributed by atoms with E-state index in [9.17, 15) is 4.57 Å². The highest BCUT2D eigenvalue weighted by molar-refractivity contribution is 7.83. The summed E-state index contributed by atoms with van der Waals surface area (Å²) in [7, 11) is 1.44. The molecule has 1 saturated heterocycles. The Balaban J connectivity index is 2.03. The second-order valence-corrected chi connectivity index (χ2v) is 7.15. The van der Waals surface area contributed by atoms with Gasteiger partial charge in [-0.05, 0) is 25.0 Å². The molecule has 2 atom stereocenters. The lowest BCUT2D eigenvalue weighted by atomic mass is 10.2. The van der Waals surface area contributed by atoms with Gasteiger partial charge < -0.3 is 4.52 Å². The Morgan fingerprint density at radius 3 is 2.84 bits per heavy atom. The summed E-state index contributed by atoms with van der Waals surface area (Å²) in [4.78, 5) is 9.50. The zero-order valence-corrected chi connectivity index (χ0v) is 12.3. The Morgan fingerprint density at radius 1 is 1.42 bits per heavy atom. The van der Waals surface area contributed by atoms with Crippen molar-refractivity contribution in [3.8, 4) is 5.75 Å². The molecule has 1 aliphatic heterocycles.